The molecule has 1 aliphatic rings. The van der Waals surface area contributed by atoms with Gasteiger partial charge in [-0.15, -0.1) is 0 Å². The Balaban J connectivity index is 2.33. The van der Waals surface area contributed by atoms with Crippen LogP contribution in [0.15, 0.2) is 51.0 Å². The van der Waals surface area contributed by atoms with Crippen LogP contribution in [0.4, 0.5) is 5.69 Å². The van der Waals surface area contributed by atoms with E-state index in [0.717, 1.165) is 11.6 Å². The van der Waals surface area contributed by atoms with E-state index in [-0.39, 0.29) is 46.5 Å². The number of sulfonamides is 1. The number of hydrogen-bond donors (Lipinski definition) is 0. The number of ketones is 1. The number of carbonyl (C=O) groups excluding carboxylic acids is 1. The Hall–Kier alpha value is -1.45. The molecule has 1 unspecified atom stereocenters. The standard InChI is InChI=1S/C28H45BrN2O6SSi2/c1-10-28(20-24(29)26(32)25(21-28)39(5,6)7)16-11-17-30(18-19-37-40(8,9)27(2,3)4)38(35,36)23-14-12-22(13-15-23)31(33)34/h12-15,20-21H,10-11,16-19H2,1-9H3. The van der Waals surface area contributed by atoms with Crippen LogP contribution >= 0.6 is 15.9 Å². The molecule has 0 saturated heterocycles. The summed E-state index contributed by atoms with van der Waals surface area (Å²) in [4.78, 5) is 23.5. The van der Waals surface area contributed by atoms with E-state index in [2.05, 4.69) is 82.4 Å². The Kier molecular flexibility index (Phi) is 11.1. The molecule has 2 rings (SSSR count). The van der Waals surface area contributed by atoms with Crippen molar-refractivity contribution in [2.24, 2.45) is 5.41 Å². The first-order valence-electron chi connectivity index (χ1n) is 13.7. The zero-order valence-electron chi connectivity index (χ0n) is 25.3. The summed E-state index contributed by atoms with van der Waals surface area (Å²) in [6, 6.07) is 5.01. The van der Waals surface area contributed by atoms with E-state index in [1.54, 1.807) is 0 Å². The average Bonchev–Trinajstić information content (AvgIpc) is 2.83. The summed E-state index contributed by atoms with van der Waals surface area (Å²) in [5.74, 6) is 0.0494. The van der Waals surface area contributed by atoms with Crippen molar-refractivity contribution < 1.29 is 22.6 Å². The molecule has 1 aromatic rings. The minimum atomic E-state index is -3.92. The first-order chi connectivity index (χ1) is 18.2. The maximum Gasteiger partial charge on any atom is 0.269 e. The molecule has 0 bridgehead atoms. The van der Waals surface area contributed by atoms with Gasteiger partial charge in [0.1, 0.15) is 0 Å². The third-order valence-corrected chi connectivity index (χ3v) is 17.1. The van der Waals surface area contributed by atoms with Crippen LogP contribution in [0, 0.1) is 15.5 Å². The van der Waals surface area contributed by atoms with Crippen LogP contribution in [0.1, 0.15) is 47.0 Å². The molecule has 224 valence electrons. The summed E-state index contributed by atoms with van der Waals surface area (Å²) < 4.78 is 35.7. The Morgan fingerprint density at radius 3 is 2.10 bits per heavy atom. The zero-order valence-corrected chi connectivity index (χ0v) is 29.7. The minimum Gasteiger partial charge on any atom is -0.415 e. The molecule has 0 aliphatic heterocycles. The highest BCUT2D eigenvalue weighted by molar-refractivity contribution is 9.12. The maximum atomic E-state index is 13.7. The fourth-order valence-electron chi connectivity index (χ4n) is 4.37. The molecule has 0 spiro atoms. The predicted octanol–water partition coefficient (Wildman–Crippen LogP) is 7.45. The third kappa shape index (κ3) is 8.31. The van der Waals surface area contributed by atoms with Crippen LogP contribution in [0.5, 0.6) is 0 Å². The van der Waals surface area contributed by atoms with Gasteiger partial charge >= 0.3 is 0 Å². The van der Waals surface area contributed by atoms with Crippen LogP contribution in [0.2, 0.25) is 37.8 Å². The van der Waals surface area contributed by atoms with Gasteiger partial charge in [-0.05, 0) is 70.7 Å². The van der Waals surface area contributed by atoms with Crippen LogP contribution in [-0.4, -0.2) is 59.5 Å². The van der Waals surface area contributed by atoms with E-state index in [4.69, 9.17) is 4.43 Å². The molecular formula is C28H45BrN2O6SSi2. The van der Waals surface area contributed by atoms with Gasteiger partial charge in [-0.1, -0.05) is 59.5 Å². The van der Waals surface area contributed by atoms with Crippen LogP contribution in [-0.2, 0) is 19.2 Å². The highest BCUT2D eigenvalue weighted by Crippen LogP contribution is 2.42. The number of nitrogens with zero attached hydrogens (tertiary/aromatic N) is 2. The normalized spacial score (nSPS) is 19.0. The lowest BCUT2D eigenvalue weighted by atomic mass is 9.77. The largest absolute Gasteiger partial charge is 0.415 e. The smallest absolute Gasteiger partial charge is 0.269 e. The SMILES string of the molecule is CCC1(CCCN(CCO[Si](C)(C)C(C)(C)C)S(=O)(=O)c2ccc([N+](=O)[O-])cc2)C=C(Br)C(=O)C([Si](C)(C)C)=C1. The molecule has 0 aromatic heterocycles. The van der Waals surface area contributed by atoms with Gasteiger partial charge in [0.05, 0.1) is 22.4 Å². The van der Waals surface area contributed by atoms with Gasteiger partial charge in [0, 0.05) is 37.2 Å². The molecule has 40 heavy (non-hydrogen) atoms. The lowest BCUT2D eigenvalue weighted by molar-refractivity contribution is -0.384. The van der Waals surface area contributed by atoms with Crippen LogP contribution in [0.25, 0.3) is 0 Å². The molecule has 0 amide bonds. The molecule has 12 heteroatoms. The predicted molar refractivity (Wildman–Crippen MR) is 170 cm³/mol. The molecule has 1 aromatic carbocycles. The molecule has 0 saturated carbocycles. The van der Waals surface area contributed by atoms with Crippen molar-refractivity contribution in [3.63, 3.8) is 0 Å². The molecular weight excluding hydrogens is 628 g/mol. The summed E-state index contributed by atoms with van der Waals surface area (Å²) in [6.07, 6.45) is 6.14. The lowest BCUT2D eigenvalue weighted by Crippen LogP contribution is -2.43. The molecule has 0 N–H and O–H groups in total. The van der Waals surface area contributed by atoms with E-state index >= 15 is 0 Å². The van der Waals surface area contributed by atoms with Gasteiger partial charge in [0.15, 0.2) is 14.1 Å². The molecule has 1 aliphatic carbocycles. The second kappa shape index (κ2) is 12.8. The van der Waals surface area contributed by atoms with Gasteiger partial charge in [0.2, 0.25) is 10.0 Å². The van der Waals surface area contributed by atoms with E-state index < -0.39 is 31.3 Å². The Morgan fingerprint density at radius 1 is 1.05 bits per heavy atom. The number of non-ortho nitro benzene ring substituents is 1. The number of rotatable bonds is 13. The number of hydrogen-bond acceptors (Lipinski definition) is 6. The van der Waals surface area contributed by atoms with Crippen molar-refractivity contribution in [3.8, 4) is 0 Å². The second-order valence-corrected chi connectivity index (χ2v) is 25.7. The number of nitro benzene ring substituents is 1. The quantitative estimate of drug-likeness (QED) is 0.122. The number of carbonyl (C=O) groups is 1. The fourth-order valence-corrected chi connectivity index (χ4v) is 9.25. The summed E-state index contributed by atoms with van der Waals surface area (Å²) in [6.45, 7) is 19.9. The van der Waals surface area contributed by atoms with E-state index in [1.165, 1.54) is 28.6 Å². The molecule has 0 radical (unpaired) electrons. The molecule has 0 heterocycles. The minimum absolute atomic E-state index is 0.0128. The number of allylic oxidation sites excluding steroid dienone is 4. The molecule has 0 fully saturated rings. The highest BCUT2D eigenvalue weighted by Gasteiger charge is 2.39. The first-order valence-corrected chi connectivity index (χ1v) is 22.4. The van der Waals surface area contributed by atoms with E-state index in [9.17, 15) is 23.3 Å². The number of nitro groups is 1. The fraction of sp³-hybridized carbons (Fsp3) is 0.607. The first kappa shape index (κ1) is 34.8. The number of Topliss-reactive ketones (excluding diaryl/α,β-unsaturated/α-hetero) is 1. The van der Waals surface area contributed by atoms with E-state index in [0.29, 0.717) is 17.3 Å². The lowest BCUT2D eigenvalue weighted by Gasteiger charge is -2.37. The summed E-state index contributed by atoms with van der Waals surface area (Å²) in [5.41, 5.74) is -0.506. The summed E-state index contributed by atoms with van der Waals surface area (Å²) in [7, 11) is -7.90. The zero-order chi connectivity index (χ0) is 30.7. The van der Waals surface area contributed by atoms with Gasteiger partial charge in [-0.25, -0.2) is 8.42 Å². The maximum absolute atomic E-state index is 13.7. The monoisotopic (exact) mass is 672 g/mol. The van der Waals surface area contributed by atoms with Crippen molar-refractivity contribution in [2.45, 2.75) is 89.6 Å². The Morgan fingerprint density at radius 2 is 1.62 bits per heavy atom. The van der Waals surface area contributed by atoms with Crippen molar-refractivity contribution in [1.29, 1.82) is 0 Å². The second-order valence-electron chi connectivity index (χ2n) is 13.1. The summed E-state index contributed by atoms with van der Waals surface area (Å²) in [5, 5.41) is 12.0. The van der Waals surface area contributed by atoms with Gasteiger partial charge in [-0.3, -0.25) is 14.9 Å². The van der Waals surface area contributed by atoms with Crippen molar-refractivity contribution >= 4 is 53.8 Å². The van der Waals surface area contributed by atoms with Crippen LogP contribution < -0.4 is 0 Å². The molecule has 8 nitrogen and oxygen atoms in total. The number of benzene rings is 1. The topological polar surface area (TPSA) is 107 Å². The Bertz CT molecular complexity index is 1260. The Labute approximate surface area is 250 Å². The van der Waals surface area contributed by atoms with Crippen molar-refractivity contribution in [3.05, 3.63) is 56.2 Å². The average molecular weight is 674 g/mol. The van der Waals surface area contributed by atoms with Gasteiger partial charge in [0.25, 0.3) is 5.69 Å². The van der Waals surface area contributed by atoms with E-state index in [1.807, 2.05) is 6.08 Å². The number of halogens is 1. The van der Waals surface area contributed by atoms with Gasteiger partial charge in [-0.2, -0.15) is 4.31 Å². The van der Waals surface area contributed by atoms with Crippen LogP contribution in [0.3, 0.4) is 0 Å². The molecule has 1 atom stereocenters. The van der Waals surface area contributed by atoms with Gasteiger partial charge < -0.3 is 4.43 Å². The van der Waals surface area contributed by atoms with Crippen molar-refractivity contribution in [1.82, 2.24) is 4.31 Å². The third-order valence-electron chi connectivity index (χ3n) is 8.12. The van der Waals surface area contributed by atoms with Crippen molar-refractivity contribution in [2.75, 3.05) is 19.7 Å². The highest BCUT2D eigenvalue weighted by atomic mass is 79.9. The summed E-state index contributed by atoms with van der Waals surface area (Å²) >= 11 is 3.50.